The van der Waals surface area contributed by atoms with Crippen LogP contribution in [0.2, 0.25) is 0 Å². The highest BCUT2D eigenvalue weighted by atomic mass is 19.3. The zero-order valence-corrected chi connectivity index (χ0v) is 16.6. The summed E-state index contributed by atoms with van der Waals surface area (Å²) in [7, 11) is 1.35. The Hall–Kier alpha value is -3.16. The Morgan fingerprint density at radius 3 is 2.80 bits per heavy atom. The minimum absolute atomic E-state index is 0.126. The van der Waals surface area contributed by atoms with E-state index in [0.717, 1.165) is 31.2 Å². The summed E-state index contributed by atoms with van der Waals surface area (Å²) < 4.78 is 41.0. The second-order valence-corrected chi connectivity index (χ2v) is 6.80. The van der Waals surface area contributed by atoms with Gasteiger partial charge in [-0.05, 0) is 43.9 Å². The van der Waals surface area contributed by atoms with Gasteiger partial charge in [-0.15, -0.1) is 0 Å². The quantitative estimate of drug-likeness (QED) is 0.614. The third-order valence-corrected chi connectivity index (χ3v) is 4.73. The van der Waals surface area contributed by atoms with Gasteiger partial charge in [0, 0.05) is 29.9 Å². The molecule has 1 fully saturated rings. The highest BCUT2D eigenvalue weighted by Crippen LogP contribution is 2.33. The minimum atomic E-state index is -3.01. The average molecular weight is 418 g/mol. The summed E-state index contributed by atoms with van der Waals surface area (Å²) in [6.45, 7) is -2.77. The van der Waals surface area contributed by atoms with Crippen LogP contribution in [0, 0.1) is 0 Å². The lowest BCUT2D eigenvalue weighted by molar-refractivity contribution is -0.116. The van der Waals surface area contributed by atoms with Crippen molar-refractivity contribution in [1.82, 2.24) is 10.3 Å². The molecule has 1 aromatic heterocycles. The van der Waals surface area contributed by atoms with E-state index in [1.807, 2.05) is 6.07 Å². The van der Waals surface area contributed by atoms with Crippen LogP contribution < -0.4 is 19.5 Å². The Bertz CT molecular complexity index is 883. The van der Waals surface area contributed by atoms with Gasteiger partial charge in [-0.2, -0.15) is 8.78 Å². The topological polar surface area (TPSA) is 69.7 Å². The molecule has 160 valence electrons. The SMILES string of the molecule is COc1cccc(/C=C/C(=O)NCc2cccnc2OC2CCCC2)c1OC(F)F. The van der Waals surface area contributed by atoms with Crippen molar-refractivity contribution in [3.8, 4) is 17.4 Å². The van der Waals surface area contributed by atoms with Crippen LogP contribution in [0.3, 0.4) is 0 Å². The van der Waals surface area contributed by atoms with E-state index in [0.29, 0.717) is 11.4 Å². The molecule has 0 atom stereocenters. The van der Waals surface area contributed by atoms with Crippen molar-refractivity contribution in [3.05, 3.63) is 53.7 Å². The summed E-state index contributed by atoms with van der Waals surface area (Å²) in [6, 6.07) is 8.31. The van der Waals surface area contributed by atoms with Crippen molar-refractivity contribution in [2.45, 2.75) is 44.9 Å². The number of para-hydroxylation sites is 1. The molecule has 0 unspecified atom stereocenters. The smallest absolute Gasteiger partial charge is 0.387 e. The van der Waals surface area contributed by atoms with Gasteiger partial charge >= 0.3 is 6.61 Å². The standard InChI is InChI=1S/C22H24F2N2O4/c1-28-18-10-4-6-15(20(18)30-22(23)24)11-12-19(27)26-14-16-7-5-13-25-21(16)29-17-8-2-3-9-17/h4-7,10-13,17,22H,2-3,8-9,14H2,1H3,(H,26,27)/b12-11+. The molecule has 1 amide bonds. The largest absolute Gasteiger partial charge is 0.493 e. The van der Waals surface area contributed by atoms with Crippen LogP contribution in [-0.2, 0) is 11.3 Å². The molecule has 1 saturated carbocycles. The van der Waals surface area contributed by atoms with Crippen LogP contribution >= 0.6 is 0 Å². The van der Waals surface area contributed by atoms with Crippen LogP contribution in [0.25, 0.3) is 6.08 Å². The molecule has 0 bridgehead atoms. The van der Waals surface area contributed by atoms with Gasteiger partial charge in [-0.25, -0.2) is 4.98 Å². The van der Waals surface area contributed by atoms with E-state index in [4.69, 9.17) is 9.47 Å². The number of hydrogen-bond donors (Lipinski definition) is 1. The van der Waals surface area contributed by atoms with Crippen molar-refractivity contribution in [3.63, 3.8) is 0 Å². The van der Waals surface area contributed by atoms with E-state index in [-0.39, 0.29) is 24.1 Å². The van der Waals surface area contributed by atoms with E-state index in [1.165, 1.54) is 25.3 Å². The normalized spacial score (nSPS) is 14.3. The van der Waals surface area contributed by atoms with E-state index < -0.39 is 12.5 Å². The van der Waals surface area contributed by atoms with Gasteiger partial charge < -0.3 is 19.5 Å². The maximum atomic E-state index is 12.7. The van der Waals surface area contributed by atoms with Crippen molar-refractivity contribution in [1.29, 1.82) is 0 Å². The van der Waals surface area contributed by atoms with Crippen molar-refractivity contribution in [2.24, 2.45) is 0 Å². The fraction of sp³-hybridized carbons (Fsp3) is 0.364. The van der Waals surface area contributed by atoms with Gasteiger partial charge in [0.05, 0.1) is 7.11 Å². The lowest BCUT2D eigenvalue weighted by atomic mass is 10.1. The van der Waals surface area contributed by atoms with Gasteiger partial charge in [-0.3, -0.25) is 4.79 Å². The molecule has 30 heavy (non-hydrogen) atoms. The number of carbonyl (C=O) groups excluding carboxylic acids is 1. The molecule has 1 aromatic carbocycles. The molecule has 8 heteroatoms. The summed E-state index contributed by atoms with van der Waals surface area (Å²) in [4.78, 5) is 16.5. The zero-order valence-electron chi connectivity index (χ0n) is 16.6. The minimum Gasteiger partial charge on any atom is -0.493 e. The number of aromatic nitrogens is 1. The first-order valence-corrected chi connectivity index (χ1v) is 9.75. The molecule has 0 saturated heterocycles. The predicted molar refractivity (Wildman–Crippen MR) is 108 cm³/mol. The fourth-order valence-corrected chi connectivity index (χ4v) is 3.28. The van der Waals surface area contributed by atoms with Crippen LogP contribution in [0.5, 0.6) is 17.4 Å². The Kier molecular flexibility index (Phi) is 7.59. The van der Waals surface area contributed by atoms with Gasteiger partial charge in [-0.1, -0.05) is 18.2 Å². The van der Waals surface area contributed by atoms with Crippen LogP contribution in [-0.4, -0.2) is 30.7 Å². The maximum Gasteiger partial charge on any atom is 0.387 e. The van der Waals surface area contributed by atoms with Crippen molar-refractivity contribution < 1.29 is 27.8 Å². The summed E-state index contributed by atoms with van der Waals surface area (Å²) in [5, 5.41) is 2.76. The molecule has 1 aliphatic carbocycles. The monoisotopic (exact) mass is 418 g/mol. The van der Waals surface area contributed by atoms with Crippen LogP contribution in [0.4, 0.5) is 8.78 Å². The molecule has 6 nitrogen and oxygen atoms in total. The number of alkyl halides is 2. The maximum absolute atomic E-state index is 12.7. The van der Waals surface area contributed by atoms with Crippen molar-refractivity contribution >= 4 is 12.0 Å². The van der Waals surface area contributed by atoms with Crippen LogP contribution in [0.15, 0.2) is 42.6 Å². The summed E-state index contributed by atoms with van der Waals surface area (Å²) >= 11 is 0. The Morgan fingerprint density at radius 2 is 2.07 bits per heavy atom. The summed E-state index contributed by atoms with van der Waals surface area (Å²) in [6.07, 6.45) is 8.78. The van der Waals surface area contributed by atoms with E-state index >= 15 is 0 Å². The van der Waals surface area contributed by atoms with E-state index in [2.05, 4.69) is 15.0 Å². The second kappa shape index (κ2) is 10.6. The Morgan fingerprint density at radius 1 is 1.27 bits per heavy atom. The van der Waals surface area contributed by atoms with Gasteiger partial charge in [0.25, 0.3) is 0 Å². The molecular weight excluding hydrogens is 394 g/mol. The number of nitrogens with zero attached hydrogens (tertiary/aromatic N) is 1. The first-order chi connectivity index (χ1) is 14.6. The molecule has 0 radical (unpaired) electrons. The second-order valence-electron chi connectivity index (χ2n) is 6.80. The number of ether oxygens (including phenoxy) is 3. The first-order valence-electron chi connectivity index (χ1n) is 9.75. The summed E-state index contributed by atoms with van der Waals surface area (Å²) in [5.41, 5.74) is 1.07. The number of hydrogen-bond acceptors (Lipinski definition) is 5. The highest BCUT2D eigenvalue weighted by Gasteiger charge is 2.18. The third kappa shape index (κ3) is 5.92. The fourth-order valence-electron chi connectivity index (χ4n) is 3.28. The first kappa shape index (κ1) is 21.5. The number of rotatable bonds is 9. The van der Waals surface area contributed by atoms with Gasteiger partial charge in [0.15, 0.2) is 11.5 Å². The number of methoxy groups -OCH3 is 1. The third-order valence-electron chi connectivity index (χ3n) is 4.73. The molecule has 1 aliphatic rings. The Balaban J connectivity index is 1.63. The highest BCUT2D eigenvalue weighted by molar-refractivity contribution is 5.92. The molecule has 1 heterocycles. The lowest BCUT2D eigenvalue weighted by Gasteiger charge is -2.15. The molecule has 0 aliphatic heterocycles. The lowest BCUT2D eigenvalue weighted by Crippen LogP contribution is -2.22. The molecule has 0 spiro atoms. The average Bonchev–Trinajstić information content (AvgIpc) is 3.25. The van der Waals surface area contributed by atoms with Crippen LogP contribution in [0.1, 0.15) is 36.8 Å². The van der Waals surface area contributed by atoms with Crippen molar-refractivity contribution in [2.75, 3.05) is 7.11 Å². The van der Waals surface area contributed by atoms with Gasteiger partial charge in [0.1, 0.15) is 6.10 Å². The molecule has 2 aromatic rings. The number of benzene rings is 1. The number of halogens is 2. The number of amides is 1. The number of pyridine rings is 1. The molecule has 1 N–H and O–H groups in total. The predicted octanol–water partition coefficient (Wildman–Crippen LogP) is 4.34. The van der Waals surface area contributed by atoms with Gasteiger partial charge in [0.2, 0.25) is 11.8 Å². The number of carbonyl (C=O) groups is 1. The molecule has 3 rings (SSSR count). The molecular formula is C22H24F2N2O4. The van der Waals surface area contributed by atoms with E-state index in [1.54, 1.807) is 24.4 Å². The number of nitrogens with one attached hydrogen (secondary N) is 1. The summed E-state index contributed by atoms with van der Waals surface area (Å²) in [5.74, 6) is 0.158. The zero-order chi connectivity index (χ0) is 21.3. The Labute approximate surface area is 173 Å². The van der Waals surface area contributed by atoms with E-state index in [9.17, 15) is 13.6 Å².